The van der Waals surface area contributed by atoms with Gasteiger partial charge in [0.25, 0.3) is 0 Å². The smallest absolute Gasteiger partial charge is 0.165 e. The van der Waals surface area contributed by atoms with E-state index in [4.69, 9.17) is 10.5 Å². The minimum absolute atomic E-state index is 0.252. The summed E-state index contributed by atoms with van der Waals surface area (Å²) in [5.41, 5.74) is 6.03. The Morgan fingerprint density at radius 2 is 1.68 bits per heavy atom. The molecule has 2 aromatic rings. The molecule has 0 spiro atoms. The van der Waals surface area contributed by atoms with Crippen molar-refractivity contribution in [1.29, 1.82) is 0 Å². The summed E-state index contributed by atoms with van der Waals surface area (Å²) in [6.07, 6.45) is 0.616. The molecule has 0 saturated carbocycles. The van der Waals surface area contributed by atoms with Crippen LogP contribution in [0.1, 0.15) is 18.9 Å². The van der Waals surface area contributed by atoms with E-state index < -0.39 is 5.60 Å². The summed E-state index contributed by atoms with van der Waals surface area (Å²) in [6, 6.07) is 16.2. The zero-order valence-electron chi connectivity index (χ0n) is 11.0. The molecule has 100 valence electrons. The summed E-state index contributed by atoms with van der Waals surface area (Å²) in [7, 11) is 0. The number of hydrogen-bond acceptors (Lipinski definition) is 2. The zero-order chi connectivity index (χ0) is 13.7. The van der Waals surface area contributed by atoms with Crippen LogP contribution in [0.2, 0.25) is 0 Å². The molecule has 0 heterocycles. The van der Waals surface area contributed by atoms with Crippen LogP contribution in [-0.2, 0) is 5.60 Å². The quantitative estimate of drug-likeness (QED) is 0.892. The second-order valence-corrected chi connectivity index (χ2v) is 4.67. The van der Waals surface area contributed by atoms with Crippen molar-refractivity contribution in [2.75, 3.05) is 6.54 Å². The van der Waals surface area contributed by atoms with Crippen LogP contribution >= 0.6 is 0 Å². The molecule has 0 aliphatic heterocycles. The molecule has 2 aromatic carbocycles. The first kappa shape index (κ1) is 13.6. The summed E-state index contributed by atoms with van der Waals surface area (Å²) < 4.78 is 19.6. The number of hydrogen-bond donors (Lipinski definition) is 1. The number of halogens is 1. The summed E-state index contributed by atoms with van der Waals surface area (Å²) >= 11 is 0. The van der Waals surface area contributed by atoms with Gasteiger partial charge >= 0.3 is 0 Å². The van der Waals surface area contributed by atoms with Crippen LogP contribution in [0.4, 0.5) is 4.39 Å². The fourth-order valence-corrected chi connectivity index (χ4v) is 2.09. The molecule has 0 aromatic heterocycles. The fraction of sp³-hybridized carbons (Fsp3) is 0.250. The number of ether oxygens (including phenoxy) is 1. The van der Waals surface area contributed by atoms with Crippen molar-refractivity contribution in [1.82, 2.24) is 0 Å². The maximum Gasteiger partial charge on any atom is 0.165 e. The highest BCUT2D eigenvalue weighted by molar-refractivity contribution is 5.28. The van der Waals surface area contributed by atoms with Gasteiger partial charge in [0, 0.05) is 6.42 Å². The minimum Gasteiger partial charge on any atom is -0.480 e. The molecule has 1 atom stereocenters. The predicted molar refractivity (Wildman–Crippen MR) is 74.5 cm³/mol. The first-order valence-corrected chi connectivity index (χ1v) is 6.35. The van der Waals surface area contributed by atoms with Gasteiger partial charge in [0.2, 0.25) is 0 Å². The summed E-state index contributed by atoms with van der Waals surface area (Å²) in [5.74, 6) is -0.107. The van der Waals surface area contributed by atoms with E-state index in [2.05, 4.69) is 0 Å². The lowest BCUT2D eigenvalue weighted by molar-refractivity contribution is 0.0746. The third-order valence-electron chi connectivity index (χ3n) is 3.18. The van der Waals surface area contributed by atoms with Gasteiger partial charge in [0.05, 0.1) is 0 Å². The van der Waals surface area contributed by atoms with Gasteiger partial charge < -0.3 is 10.5 Å². The lowest BCUT2D eigenvalue weighted by Gasteiger charge is -2.31. The van der Waals surface area contributed by atoms with Crippen molar-refractivity contribution < 1.29 is 9.13 Å². The number of nitrogens with two attached hydrogens (primary N) is 1. The molecule has 2 nitrogen and oxygen atoms in total. The van der Waals surface area contributed by atoms with Crippen molar-refractivity contribution in [2.24, 2.45) is 5.73 Å². The van der Waals surface area contributed by atoms with E-state index in [1.807, 2.05) is 37.3 Å². The molecule has 19 heavy (non-hydrogen) atoms. The van der Waals surface area contributed by atoms with Crippen LogP contribution in [-0.4, -0.2) is 6.54 Å². The molecule has 0 radical (unpaired) electrons. The van der Waals surface area contributed by atoms with E-state index in [9.17, 15) is 4.39 Å². The third kappa shape index (κ3) is 3.12. The van der Waals surface area contributed by atoms with Crippen LogP contribution in [0.15, 0.2) is 54.6 Å². The van der Waals surface area contributed by atoms with Crippen molar-refractivity contribution in [3.05, 3.63) is 66.0 Å². The molecule has 0 amide bonds. The van der Waals surface area contributed by atoms with Gasteiger partial charge in [-0.1, -0.05) is 42.5 Å². The van der Waals surface area contributed by atoms with Crippen LogP contribution in [0, 0.1) is 5.82 Å². The van der Waals surface area contributed by atoms with Crippen molar-refractivity contribution in [3.8, 4) is 5.75 Å². The molecule has 2 N–H and O–H groups in total. The Morgan fingerprint density at radius 3 is 2.32 bits per heavy atom. The molecule has 0 aliphatic carbocycles. The lowest BCUT2D eigenvalue weighted by Crippen LogP contribution is -2.32. The first-order valence-electron chi connectivity index (χ1n) is 6.35. The molecule has 0 saturated heterocycles. The average molecular weight is 259 g/mol. The maximum atomic E-state index is 13.7. The highest BCUT2D eigenvalue weighted by atomic mass is 19.1. The second kappa shape index (κ2) is 5.85. The van der Waals surface area contributed by atoms with E-state index in [-0.39, 0.29) is 11.6 Å². The largest absolute Gasteiger partial charge is 0.480 e. The molecule has 0 fully saturated rings. The molecule has 0 bridgehead atoms. The Hall–Kier alpha value is -1.87. The molecular formula is C16H18FNO. The van der Waals surface area contributed by atoms with Crippen LogP contribution in [0.3, 0.4) is 0 Å². The van der Waals surface area contributed by atoms with Gasteiger partial charge in [-0.25, -0.2) is 4.39 Å². The number of para-hydroxylation sites is 1. The Kier molecular flexibility index (Phi) is 4.17. The molecule has 2 rings (SSSR count). The van der Waals surface area contributed by atoms with E-state index >= 15 is 0 Å². The normalized spacial score (nSPS) is 13.8. The molecular weight excluding hydrogens is 241 g/mol. The van der Waals surface area contributed by atoms with Crippen LogP contribution < -0.4 is 10.5 Å². The van der Waals surface area contributed by atoms with Crippen LogP contribution in [0.25, 0.3) is 0 Å². The van der Waals surface area contributed by atoms with Crippen LogP contribution in [0.5, 0.6) is 5.75 Å². The van der Waals surface area contributed by atoms with Gasteiger partial charge in [-0.2, -0.15) is 0 Å². The Balaban J connectivity index is 2.33. The van der Waals surface area contributed by atoms with E-state index in [1.54, 1.807) is 18.2 Å². The van der Waals surface area contributed by atoms with Gasteiger partial charge in [0.15, 0.2) is 11.6 Å². The standard InChI is InChI=1S/C16H18FNO/c1-16(11-12-18,13-7-3-2-4-8-13)19-15-10-6-5-9-14(15)17/h2-10H,11-12,18H2,1H3. The monoisotopic (exact) mass is 259 g/mol. The van der Waals surface area contributed by atoms with Gasteiger partial charge in [-0.15, -0.1) is 0 Å². The number of benzene rings is 2. The first-order chi connectivity index (χ1) is 9.15. The topological polar surface area (TPSA) is 35.2 Å². The van der Waals surface area contributed by atoms with E-state index in [1.165, 1.54) is 6.07 Å². The summed E-state index contributed by atoms with van der Waals surface area (Å²) in [4.78, 5) is 0. The van der Waals surface area contributed by atoms with E-state index in [0.29, 0.717) is 13.0 Å². The fourth-order valence-electron chi connectivity index (χ4n) is 2.09. The minimum atomic E-state index is -0.627. The van der Waals surface area contributed by atoms with E-state index in [0.717, 1.165) is 5.56 Å². The van der Waals surface area contributed by atoms with Gasteiger partial charge in [-0.3, -0.25) is 0 Å². The van der Waals surface area contributed by atoms with Crippen molar-refractivity contribution >= 4 is 0 Å². The van der Waals surface area contributed by atoms with Crippen molar-refractivity contribution in [2.45, 2.75) is 18.9 Å². The molecule has 1 unspecified atom stereocenters. The number of rotatable bonds is 5. The highest BCUT2D eigenvalue weighted by Crippen LogP contribution is 2.32. The highest BCUT2D eigenvalue weighted by Gasteiger charge is 2.28. The summed E-state index contributed by atoms with van der Waals surface area (Å²) in [5, 5.41) is 0. The Labute approximate surface area is 113 Å². The SMILES string of the molecule is CC(CCN)(Oc1ccccc1F)c1ccccc1. The lowest BCUT2D eigenvalue weighted by atomic mass is 9.92. The summed E-state index contributed by atoms with van der Waals surface area (Å²) in [6.45, 7) is 2.40. The molecule has 0 aliphatic rings. The van der Waals surface area contributed by atoms with Gasteiger partial charge in [-0.05, 0) is 31.2 Å². The average Bonchev–Trinajstić information content (AvgIpc) is 2.43. The predicted octanol–water partition coefficient (Wildman–Crippen LogP) is 3.47. The van der Waals surface area contributed by atoms with Gasteiger partial charge in [0.1, 0.15) is 5.60 Å². The molecule has 3 heteroatoms. The second-order valence-electron chi connectivity index (χ2n) is 4.67. The Bertz CT molecular complexity index is 529. The Morgan fingerprint density at radius 1 is 1.05 bits per heavy atom. The maximum absolute atomic E-state index is 13.7. The zero-order valence-corrected chi connectivity index (χ0v) is 11.0. The third-order valence-corrected chi connectivity index (χ3v) is 3.18. The van der Waals surface area contributed by atoms with Crippen molar-refractivity contribution in [3.63, 3.8) is 0 Å².